The Morgan fingerprint density at radius 1 is 1.27 bits per heavy atom. The van der Waals surface area contributed by atoms with E-state index in [1.165, 1.54) is 0 Å². The lowest BCUT2D eigenvalue weighted by atomic mass is 10.0. The van der Waals surface area contributed by atoms with Gasteiger partial charge in [-0.25, -0.2) is 0 Å². The van der Waals surface area contributed by atoms with Gasteiger partial charge in [0.15, 0.2) is 0 Å². The number of nitrogens with zero attached hydrogens (tertiary/aromatic N) is 1. The smallest absolute Gasteiger partial charge is 0.240 e. The number of amides is 1. The third kappa shape index (κ3) is 5.75. The van der Waals surface area contributed by atoms with Crippen molar-refractivity contribution in [3.8, 4) is 0 Å². The van der Waals surface area contributed by atoms with Gasteiger partial charge in [0, 0.05) is 6.54 Å². The standard InChI is InChI=1S/C20H29N3O3/c21-12-4-9-19(20(26)23-13-5-8-18(23)15-25)22-17(14-24)11-10-16-6-2-1-3-7-16/h1-3,6-7,14-15,17-19,22H,4-5,8-13,21H2/t17-,18?,19-/m0/s1. The average molecular weight is 359 g/mol. The maximum absolute atomic E-state index is 12.9. The first-order valence-corrected chi connectivity index (χ1v) is 9.40. The Balaban J connectivity index is 1.98. The summed E-state index contributed by atoms with van der Waals surface area (Å²) in [7, 11) is 0. The first-order chi connectivity index (χ1) is 12.7. The largest absolute Gasteiger partial charge is 0.332 e. The highest BCUT2D eigenvalue weighted by atomic mass is 16.2. The molecule has 1 aromatic carbocycles. The molecule has 1 saturated heterocycles. The van der Waals surface area contributed by atoms with E-state index in [9.17, 15) is 14.4 Å². The van der Waals surface area contributed by atoms with Crippen molar-refractivity contribution in [2.75, 3.05) is 13.1 Å². The molecule has 6 heteroatoms. The van der Waals surface area contributed by atoms with Crippen molar-refractivity contribution in [3.63, 3.8) is 0 Å². The number of hydrogen-bond donors (Lipinski definition) is 2. The van der Waals surface area contributed by atoms with Crippen LogP contribution in [-0.2, 0) is 20.8 Å². The molecule has 142 valence electrons. The lowest BCUT2D eigenvalue weighted by Gasteiger charge is -2.28. The number of rotatable bonds is 11. The van der Waals surface area contributed by atoms with Gasteiger partial charge in [0.1, 0.15) is 12.6 Å². The molecule has 0 bridgehead atoms. The molecule has 0 spiro atoms. The molecule has 0 radical (unpaired) electrons. The monoisotopic (exact) mass is 359 g/mol. The van der Waals surface area contributed by atoms with Gasteiger partial charge >= 0.3 is 0 Å². The second-order valence-corrected chi connectivity index (χ2v) is 6.79. The van der Waals surface area contributed by atoms with Crippen molar-refractivity contribution in [2.45, 2.75) is 56.7 Å². The fourth-order valence-corrected chi connectivity index (χ4v) is 3.42. The molecule has 3 atom stereocenters. The van der Waals surface area contributed by atoms with Crippen molar-refractivity contribution in [1.82, 2.24) is 10.2 Å². The van der Waals surface area contributed by atoms with E-state index < -0.39 is 12.1 Å². The first kappa shape index (κ1) is 20.3. The highest BCUT2D eigenvalue weighted by molar-refractivity contribution is 5.85. The van der Waals surface area contributed by atoms with Crippen LogP contribution in [0.4, 0.5) is 0 Å². The maximum Gasteiger partial charge on any atom is 0.240 e. The van der Waals surface area contributed by atoms with Crippen molar-refractivity contribution in [3.05, 3.63) is 35.9 Å². The predicted octanol–water partition coefficient (Wildman–Crippen LogP) is 1.07. The lowest BCUT2D eigenvalue weighted by molar-refractivity contribution is -0.137. The third-order valence-electron chi connectivity index (χ3n) is 4.90. The van der Waals surface area contributed by atoms with Gasteiger partial charge in [-0.1, -0.05) is 30.3 Å². The van der Waals surface area contributed by atoms with Gasteiger partial charge in [0.2, 0.25) is 5.91 Å². The molecular weight excluding hydrogens is 330 g/mol. The Kier molecular flexibility index (Phi) is 8.44. The van der Waals surface area contributed by atoms with E-state index in [2.05, 4.69) is 5.32 Å². The highest BCUT2D eigenvalue weighted by Crippen LogP contribution is 2.18. The van der Waals surface area contributed by atoms with E-state index in [0.717, 1.165) is 31.0 Å². The zero-order chi connectivity index (χ0) is 18.8. The molecule has 1 aromatic rings. The normalized spacial score (nSPS) is 19.1. The molecule has 1 fully saturated rings. The number of aldehydes is 2. The SMILES string of the molecule is NCCC[C@H](N[C@H](C=O)CCc1ccccc1)C(=O)N1CCCC1C=O. The van der Waals surface area contributed by atoms with Crippen LogP contribution in [0.5, 0.6) is 0 Å². The summed E-state index contributed by atoms with van der Waals surface area (Å²) < 4.78 is 0. The molecule has 0 aliphatic carbocycles. The van der Waals surface area contributed by atoms with Gasteiger partial charge in [0.25, 0.3) is 0 Å². The van der Waals surface area contributed by atoms with Crippen LogP contribution in [0.25, 0.3) is 0 Å². The summed E-state index contributed by atoms with van der Waals surface area (Å²) in [5.74, 6) is -0.0976. The predicted molar refractivity (Wildman–Crippen MR) is 101 cm³/mol. The molecule has 3 N–H and O–H groups in total. The Morgan fingerprint density at radius 3 is 2.69 bits per heavy atom. The second kappa shape index (κ2) is 10.8. The average Bonchev–Trinajstić information content (AvgIpc) is 3.16. The molecule has 26 heavy (non-hydrogen) atoms. The highest BCUT2D eigenvalue weighted by Gasteiger charge is 2.33. The number of benzene rings is 1. The topological polar surface area (TPSA) is 92.5 Å². The number of likely N-dealkylation sites (tertiary alicyclic amines) is 1. The molecule has 0 aromatic heterocycles. The summed E-state index contributed by atoms with van der Waals surface area (Å²) in [6, 6.07) is 8.72. The van der Waals surface area contributed by atoms with Gasteiger partial charge in [-0.15, -0.1) is 0 Å². The molecule has 1 aliphatic heterocycles. The Morgan fingerprint density at radius 2 is 2.04 bits per heavy atom. The van der Waals surface area contributed by atoms with Gasteiger partial charge in [-0.2, -0.15) is 0 Å². The number of hydrogen-bond acceptors (Lipinski definition) is 5. The van der Waals surface area contributed by atoms with Crippen LogP contribution in [-0.4, -0.2) is 54.6 Å². The Labute approximate surface area is 155 Å². The minimum Gasteiger partial charge on any atom is -0.332 e. The molecule has 2 rings (SSSR count). The van der Waals surface area contributed by atoms with E-state index in [1.54, 1.807) is 4.90 Å². The molecule has 1 unspecified atom stereocenters. The van der Waals surface area contributed by atoms with Crippen LogP contribution < -0.4 is 11.1 Å². The minimum atomic E-state index is -0.481. The van der Waals surface area contributed by atoms with Crippen molar-refractivity contribution in [1.29, 1.82) is 0 Å². The van der Waals surface area contributed by atoms with Crippen LogP contribution in [0, 0.1) is 0 Å². The summed E-state index contributed by atoms with van der Waals surface area (Å²) in [6.45, 7) is 1.08. The molecule has 1 heterocycles. The number of carbonyl (C=O) groups excluding carboxylic acids is 3. The molecule has 0 saturated carbocycles. The summed E-state index contributed by atoms with van der Waals surface area (Å²) >= 11 is 0. The molecular formula is C20H29N3O3. The van der Waals surface area contributed by atoms with E-state index >= 15 is 0 Å². The summed E-state index contributed by atoms with van der Waals surface area (Å²) in [4.78, 5) is 37.3. The number of aryl methyl sites for hydroxylation is 1. The summed E-state index contributed by atoms with van der Waals surface area (Å²) in [5, 5.41) is 3.20. The number of nitrogens with one attached hydrogen (secondary N) is 1. The van der Waals surface area contributed by atoms with Crippen molar-refractivity contribution < 1.29 is 14.4 Å². The Hall–Kier alpha value is -2.05. The second-order valence-electron chi connectivity index (χ2n) is 6.79. The van der Waals surface area contributed by atoms with Crippen LogP contribution in [0.3, 0.4) is 0 Å². The van der Waals surface area contributed by atoms with Crippen LogP contribution in [0.2, 0.25) is 0 Å². The summed E-state index contributed by atoms with van der Waals surface area (Å²) in [5.41, 5.74) is 6.76. The Bertz CT molecular complexity index is 579. The zero-order valence-electron chi connectivity index (χ0n) is 15.2. The van der Waals surface area contributed by atoms with Crippen LogP contribution in [0.15, 0.2) is 30.3 Å². The fourth-order valence-electron chi connectivity index (χ4n) is 3.42. The van der Waals surface area contributed by atoms with Crippen LogP contribution >= 0.6 is 0 Å². The third-order valence-corrected chi connectivity index (χ3v) is 4.90. The zero-order valence-corrected chi connectivity index (χ0v) is 15.2. The molecule has 6 nitrogen and oxygen atoms in total. The summed E-state index contributed by atoms with van der Waals surface area (Å²) in [6.07, 6.45) is 5.89. The van der Waals surface area contributed by atoms with Crippen molar-refractivity contribution in [2.24, 2.45) is 5.73 Å². The van der Waals surface area contributed by atoms with Gasteiger partial charge in [-0.05, 0) is 50.6 Å². The number of carbonyl (C=O) groups is 3. The quantitative estimate of drug-likeness (QED) is 0.577. The van der Waals surface area contributed by atoms with E-state index in [0.29, 0.717) is 38.8 Å². The maximum atomic E-state index is 12.9. The first-order valence-electron chi connectivity index (χ1n) is 9.40. The van der Waals surface area contributed by atoms with Crippen molar-refractivity contribution >= 4 is 18.5 Å². The van der Waals surface area contributed by atoms with Gasteiger partial charge < -0.3 is 20.2 Å². The minimum absolute atomic E-state index is 0.0976. The molecule has 1 aliphatic rings. The van der Waals surface area contributed by atoms with E-state index in [1.807, 2.05) is 30.3 Å². The lowest BCUT2D eigenvalue weighted by Crippen LogP contribution is -2.52. The van der Waals surface area contributed by atoms with Gasteiger partial charge in [0.05, 0.1) is 18.1 Å². The van der Waals surface area contributed by atoms with E-state index in [4.69, 9.17) is 5.73 Å². The van der Waals surface area contributed by atoms with Crippen LogP contribution in [0.1, 0.15) is 37.7 Å². The van der Waals surface area contributed by atoms with E-state index in [-0.39, 0.29) is 11.9 Å². The number of nitrogens with two attached hydrogens (primary N) is 1. The molecule has 1 amide bonds. The van der Waals surface area contributed by atoms with Gasteiger partial charge in [-0.3, -0.25) is 10.1 Å². The fraction of sp³-hybridized carbons (Fsp3) is 0.550.